The highest BCUT2D eigenvalue weighted by molar-refractivity contribution is 5.84. The first-order valence-corrected chi connectivity index (χ1v) is 7.77. The van der Waals surface area contributed by atoms with Crippen molar-refractivity contribution in [2.45, 2.75) is 12.2 Å². The molecule has 2 aromatic rings. The zero-order chi connectivity index (χ0) is 14.8. The van der Waals surface area contributed by atoms with Gasteiger partial charge in [0.25, 0.3) is 0 Å². The van der Waals surface area contributed by atoms with Gasteiger partial charge in [0.15, 0.2) is 0 Å². The second-order valence-corrected chi connectivity index (χ2v) is 5.64. The molecule has 1 fully saturated rings. The molecule has 22 heavy (non-hydrogen) atoms. The van der Waals surface area contributed by atoms with Crippen LogP contribution in [0.1, 0.15) is 11.1 Å². The van der Waals surface area contributed by atoms with Gasteiger partial charge in [-0.1, -0.05) is 48.5 Å². The molecule has 0 aromatic heterocycles. The Hall–Kier alpha value is -2.10. The van der Waals surface area contributed by atoms with Crippen molar-refractivity contribution in [1.82, 2.24) is 5.32 Å². The number of para-hydroxylation sites is 1. The van der Waals surface area contributed by atoms with Crippen LogP contribution in [0.3, 0.4) is 0 Å². The molecule has 2 aliphatic heterocycles. The number of ether oxygens (including phenoxy) is 2. The average molecular weight is 293 g/mol. The number of fused-ring (bicyclic) bond motifs is 1. The van der Waals surface area contributed by atoms with E-state index >= 15 is 0 Å². The largest absolute Gasteiger partial charge is 0.483 e. The summed E-state index contributed by atoms with van der Waals surface area (Å²) in [6, 6.07) is 18.7. The smallest absolute Gasteiger partial charge is 0.145 e. The fourth-order valence-corrected chi connectivity index (χ4v) is 3.08. The van der Waals surface area contributed by atoms with Gasteiger partial charge in [-0.05, 0) is 23.3 Å². The number of hydrogen-bond donors (Lipinski definition) is 1. The predicted molar refractivity (Wildman–Crippen MR) is 87.0 cm³/mol. The van der Waals surface area contributed by atoms with Crippen LogP contribution in [0.5, 0.6) is 5.75 Å². The van der Waals surface area contributed by atoms with Crippen LogP contribution in [0, 0.1) is 0 Å². The summed E-state index contributed by atoms with van der Waals surface area (Å²) in [6.07, 6.45) is 2.20. The summed E-state index contributed by atoms with van der Waals surface area (Å²) in [5.74, 6) is 0.933. The number of nitrogens with one attached hydrogen (secondary N) is 1. The second kappa shape index (κ2) is 5.95. The maximum atomic E-state index is 6.18. The fraction of sp³-hybridized carbons (Fsp3) is 0.263. The lowest BCUT2D eigenvalue weighted by Crippen LogP contribution is -2.47. The first-order chi connectivity index (χ1) is 10.9. The van der Waals surface area contributed by atoms with Crippen LogP contribution < -0.4 is 10.1 Å². The lowest BCUT2D eigenvalue weighted by Gasteiger charge is -2.33. The zero-order valence-electron chi connectivity index (χ0n) is 12.4. The Balaban J connectivity index is 1.75. The monoisotopic (exact) mass is 293 g/mol. The van der Waals surface area contributed by atoms with Crippen molar-refractivity contribution in [2.24, 2.45) is 0 Å². The van der Waals surface area contributed by atoms with E-state index in [2.05, 4.69) is 47.8 Å². The maximum Gasteiger partial charge on any atom is 0.145 e. The molecule has 3 nitrogen and oxygen atoms in total. The Morgan fingerprint density at radius 3 is 2.59 bits per heavy atom. The van der Waals surface area contributed by atoms with Gasteiger partial charge in [-0.25, -0.2) is 0 Å². The lowest BCUT2D eigenvalue weighted by molar-refractivity contribution is -0.0258. The molecule has 2 heterocycles. The van der Waals surface area contributed by atoms with Crippen LogP contribution >= 0.6 is 0 Å². The van der Waals surface area contributed by atoms with Crippen LogP contribution in [0.15, 0.2) is 60.7 Å². The molecule has 1 N–H and O–H groups in total. The van der Waals surface area contributed by atoms with Gasteiger partial charge in [-0.2, -0.15) is 0 Å². The van der Waals surface area contributed by atoms with Crippen molar-refractivity contribution in [3.63, 3.8) is 0 Å². The van der Waals surface area contributed by atoms with Gasteiger partial charge in [0.05, 0.1) is 6.61 Å². The molecule has 0 bridgehead atoms. The van der Waals surface area contributed by atoms with Crippen LogP contribution in [0.25, 0.3) is 5.57 Å². The first-order valence-electron chi connectivity index (χ1n) is 7.77. The van der Waals surface area contributed by atoms with Gasteiger partial charge in [-0.3, -0.25) is 0 Å². The quantitative estimate of drug-likeness (QED) is 0.923. The average Bonchev–Trinajstić information content (AvgIpc) is 2.62. The van der Waals surface area contributed by atoms with E-state index in [-0.39, 0.29) is 12.2 Å². The summed E-state index contributed by atoms with van der Waals surface area (Å²) in [5.41, 5.74) is 3.59. The van der Waals surface area contributed by atoms with Gasteiger partial charge in [0, 0.05) is 18.7 Å². The Bertz CT molecular complexity index is 675. The molecule has 3 heteroatoms. The molecule has 2 atom stereocenters. The molecule has 0 radical (unpaired) electrons. The number of hydrogen-bond acceptors (Lipinski definition) is 3. The molecule has 0 aliphatic carbocycles. The minimum atomic E-state index is -0.0575. The second-order valence-electron chi connectivity index (χ2n) is 5.64. The molecule has 0 saturated carbocycles. The lowest BCUT2D eigenvalue weighted by atomic mass is 9.92. The van der Waals surface area contributed by atoms with Crippen molar-refractivity contribution >= 4 is 5.57 Å². The van der Waals surface area contributed by atoms with E-state index < -0.39 is 0 Å². The molecule has 4 rings (SSSR count). The van der Waals surface area contributed by atoms with Crippen molar-refractivity contribution in [2.75, 3.05) is 19.7 Å². The van der Waals surface area contributed by atoms with Crippen molar-refractivity contribution in [3.8, 4) is 5.75 Å². The van der Waals surface area contributed by atoms with Gasteiger partial charge in [-0.15, -0.1) is 0 Å². The van der Waals surface area contributed by atoms with Crippen LogP contribution in [-0.4, -0.2) is 31.9 Å². The summed E-state index contributed by atoms with van der Waals surface area (Å²) in [5, 5.41) is 3.38. The van der Waals surface area contributed by atoms with Gasteiger partial charge in [0.1, 0.15) is 18.0 Å². The normalized spacial score (nSPS) is 24.1. The molecular weight excluding hydrogens is 274 g/mol. The maximum absolute atomic E-state index is 6.18. The third kappa shape index (κ3) is 2.54. The molecule has 112 valence electrons. The molecule has 2 unspecified atom stereocenters. The highest BCUT2D eigenvalue weighted by atomic mass is 16.5. The van der Waals surface area contributed by atoms with E-state index in [0.717, 1.165) is 31.0 Å². The number of morpholine rings is 1. The van der Waals surface area contributed by atoms with E-state index in [9.17, 15) is 0 Å². The molecule has 1 saturated heterocycles. The topological polar surface area (TPSA) is 30.5 Å². The summed E-state index contributed by atoms with van der Waals surface area (Å²) in [4.78, 5) is 0. The van der Waals surface area contributed by atoms with Crippen molar-refractivity contribution in [3.05, 3.63) is 71.8 Å². The highest BCUT2D eigenvalue weighted by Crippen LogP contribution is 2.36. The van der Waals surface area contributed by atoms with Gasteiger partial charge < -0.3 is 14.8 Å². The van der Waals surface area contributed by atoms with Gasteiger partial charge in [0.2, 0.25) is 0 Å². The number of rotatable bonds is 2. The molecule has 2 aliphatic rings. The molecule has 0 amide bonds. The Morgan fingerprint density at radius 1 is 0.955 bits per heavy atom. The van der Waals surface area contributed by atoms with E-state index in [1.807, 2.05) is 18.2 Å². The Morgan fingerprint density at radius 2 is 1.77 bits per heavy atom. The summed E-state index contributed by atoms with van der Waals surface area (Å²) < 4.78 is 12.1. The molecule has 2 aromatic carbocycles. The van der Waals surface area contributed by atoms with E-state index in [0.29, 0.717) is 0 Å². The van der Waals surface area contributed by atoms with E-state index in [1.165, 1.54) is 11.1 Å². The van der Waals surface area contributed by atoms with Crippen molar-refractivity contribution in [1.29, 1.82) is 0 Å². The van der Waals surface area contributed by atoms with Crippen LogP contribution in [0.2, 0.25) is 0 Å². The number of benzene rings is 2. The van der Waals surface area contributed by atoms with Crippen LogP contribution in [0.4, 0.5) is 0 Å². The molecule has 0 spiro atoms. The molecular formula is C19H19NO2. The minimum absolute atomic E-state index is 0.0563. The third-order valence-electron chi connectivity index (χ3n) is 4.18. The van der Waals surface area contributed by atoms with Crippen molar-refractivity contribution < 1.29 is 9.47 Å². The standard InChI is InChI=1S/C19H19NO2/c1-2-6-14(7-3-1)16-12-18(19-13-20-10-11-21-19)22-17-9-5-4-8-15(16)17/h1-9,12,18-20H,10-11,13H2. The Labute approximate surface area is 130 Å². The van der Waals surface area contributed by atoms with E-state index in [1.54, 1.807) is 0 Å². The van der Waals surface area contributed by atoms with Gasteiger partial charge >= 0.3 is 0 Å². The predicted octanol–water partition coefficient (Wildman–Crippen LogP) is 2.87. The summed E-state index contributed by atoms with van der Waals surface area (Å²) in [7, 11) is 0. The zero-order valence-corrected chi connectivity index (χ0v) is 12.4. The Kier molecular flexibility index (Phi) is 3.67. The highest BCUT2D eigenvalue weighted by Gasteiger charge is 2.29. The summed E-state index contributed by atoms with van der Waals surface area (Å²) >= 11 is 0. The SMILES string of the molecule is C1=C(c2ccccc2)c2ccccc2OC1C1CNCCO1. The third-order valence-corrected chi connectivity index (χ3v) is 4.18. The van der Waals surface area contributed by atoms with Crippen LogP contribution in [-0.2, 0) is 4.74 Å². The van der Waals surface area contributed by atoms with E-state index in [4.69, 9.17) is 9.47 Å². The fourth-order valence-electron chi connectivity index (χ4n) is 3.08. The minimum Gasteiger partial charge on any atom is -0.483 e. The first kappa shape index (κ1) is 13.6. The summed E-state index contributed by atoms with van der Waals surface area (Å²) in [6.45, 7) is 2.47.